The zero-order valence-electron chi connectivity index (χ0n) is 16.5. The van der Waals surface area contributed by atoms with E-state index in [9.17, 15) is 9.59 Å². The van der Waals surface area contributed by atoms with Gasteiger partial charge in [-0.05, 0) is 36.6 Å². The summed E-state index contributed by atoms with van der Waals surface area (Å²) in [5.74, 6) is 0.661. The summed E-state index contributed by atoms with van der Waals surface area (Å²) in [4.78, 5) is 29.0. The van der Waals surface area contributed by atoms with Crippen molar-refractivity contribution in [1.82, 2.24) is 19.9 Å². The van der Waals surface area contributed by atoms with Crippen LogP contribution in [0, 0.1) is 0 Å². The number of carbonyl (C=O) groups excluding carboxylic acids is 2. The molecule has 1 saturated carbocycles. The second-order valence-electron chi connectivity index (χ2n) is 7.59. The van der Waals surface area contributed by atoms with Crippen molar-refractivity contribution in [2.45, 2.75) is 25.3 Å². The highest BCUT2D eigenvalue weighted by atomic mass is 35.5. The summed E-state index contributed by atoms with van der Waals surface area (Å²) < 4.78 is 1.70. The molecule has 0 bridgehead atoms. The van der Waals surface area contributed by atoms with Crippen molar-refractivity contribution >= 4 is 46.8 Å². The molecule has 5 rings (SSSR count). The van der Waals surface area contributed by atoms with Gasteiger partial charge in [0.2, 0.25) is 5.91 Å². The first-order valence-corrected chi connectivity index (χ1v) is 10.3. The lowest BCUT2D eigenvalue weighted by molar-refractivity contribution is -0.118. The van der Waals surface area contributed by atoms with Crippen LogP contribution >= 0.6 is 11.6 Å². The molecule has 9 heteroatoms. The average Bonchev–Trinajstić information content (AvgIpc) is 3.37. The smallest absolute Gasteiger partial charge is 0.258 e. The molecule has 0 atom stereocenters. The van der Waals surface area contributed by atoms with Crippen LogP contribution in [0.4, 0.5) is 11.6 Å². The molecule has 0 spiro atoms. The number of amides is 2. The highest BCUT2D eigenvalue weighted by Crippen LogP contribution is 2.29. The molecule has 1 aliphatic carbocycles. The zero-order valence-corrected chi connectivity index (χ0v) is 17.2. The number of nitrogens with zero attached hydrogens (tertiary/aromatic N) is 3. The van der Waals surface area contributed by atoms with E-state index >= 15 is 0 Å². The number of nitrogens with one attached hydrogen (secondary N) is 3. The van der Waals surface area contributed by atoms with Crippen LogP contribution in [0.5, 0.6) is 0 Å². The highest BCUT2D eigenvalue weighted by molar-refractivity contribution is 6.34. The Bertz CT molecular complexity index is 1270. The molecule has 156 valence electrons. The maximum Gasteiger partial charge on any atom is 0.258 e. The first-order chi connectivity index (χ1) is 15.0. The summed E-state index contributed by atoms with van der Waals surface area (Å²) in [6.45, 7) is 3.88. The molecular formula is C22H19ClN6O2. The molecule has 3 N–H and O–H groups in total. The van der Waals surface area contributed by atoms with Gasteiger partial charge in [0.05, 0.1) is 23.2 Å². The van der Waals surface area contributed by atoms with E-state index in [1.54, 1.807) is 41.0 Å². The van der Waals surface area contributed by atoms with Crippen LogP contribution in [-0.2, 0) is 4.79 Å². The second-order valence-corrected chi connectivity index (χ2v) is 7.99. The number of rotatable bonds is 5. The van der Waals surface area contributed by atoms with E-state index in [1.807, 2.05) is 6.08 Å². The fraction of sp³-hybridized carbons (Fsp3) is 0.182. The van der Waals surface area contributed by atoms with Crippen LogP contribution < -0.4 is 16.0 Å². The van der Waals surface area contributed by atoms with Gasteiger partial charge in [0.15, 0.2) is 5.65 Å². The summed E-state index contributed by atoms with van der Waals surface area (Å²) in [7, 11) is 0. The fourth-order valence-corrected chi connectivity index (χ4v) is 3.63. The highest BCUT2D eigenvalue weighted by Gasteiger charge is 2.24. The van der Waals surface area contributed by atoms with Gasteiger partial charge < -0.3 is 16.0 Å². The topological polar surface area (TPSA) is 100 Å². The van der Waals surface area contributed by atoms with E-state index < -0.39 is 0 Å². The molecule has 1 aromatic carbocycles. The number of carbonyl (C=O) groups is 2. The number of aromatic nitrogens is 3. The largest absolute Gasteiger partial charge is 0.367 e. The van der Waals surface area contributed by atoms with Crippen molar-refractivity contribution in [3.8, 4) is 0 Å². The van der Waals surface area contributed by atoms with Gasteiger partial charge >= 0.3 is 0 Å². The van der Waals surface area contributed by atoms with Gasteiger partial charge in [0.25, 0.3) is 5.91 Å². The lowest BCUT2D eigenvalue weighted by Gasteiger charge is -2.11. The number of allylic oxidation sites excluding steroid dienone is 1. The monoisotopic (exact) mass is 434 g/mol. The summed E-state index contributed by atoms with van der Waals surface area (Å²) >= 11 is 6.16. The fourth-order valence-electron chi connectivity index (χ4n) is 3.41. The van der Waals surface area contributed by atoms with Crippen LogP contribution in [0.1, 0.15) is 35.2 Å². The third kappa shape index (κ3) is 3.89. The van der Waals surface area contributed by atoms with E-state index in [0.29, 0.717) is 33.8 Å². The predicted octanol–water partition coefficient (Wildman–Crippen LogP) is 3.63. The molecule has 3 aromatic rings. The minimum atomic E-state index is -0.349. The van der Waals surface area contributed by atoms with Crippen molar-refractivity contribution < 1.29 is 9.59 Å². The Hall–Kier alpha value is -3.65. The van der Waals surface area contributed by atoms with E-state index in [2.05, 4.69) is 32.6 Å². The lowest BCUT2D eigenvalue weighted by atomic mass is 10.1. The van der Waals surface area contributed by atoms with E-state index in [1.165, 1.54) is 0 Å². The summed E-state index contributed by atoms with van der Waals surface area (Å²) in [5, 5.41) is 13.8. The molecule has 0 radical (unpaired) electrons. The number of fused-ring (bicyclic) bond motifs is 1. The van der Waals surface area contributed by atoms with E-state index in [0.717, 1.165) is 29.8 Å². The summed E-state index contributed by atoms with van der Waals surface area (Å²) in [6.07, 6.45) is 5.94. The molecule has 1 aliphatic heterocycles. The van der Waals surface area contributed by atoms with Gasteiger partial charge in [-0.25, -0.2) is 4.98 Å². The Balaban J connectivity index is 1.54. The number of hydrogen-bond donors (Lipinski definition) is 3. The van der Waals surface area contributed by atoms with Gasteiger partial charge in [0.1, 0.15) is 11.6 Å². The Morgan fingerprint density at radius 3 is 2.84 bits per heavy atom. The zero-order chi connectivity index (χ0) is 21.5. The molecule has 3 heterocycles. The first kappa shape index (κ1) is 19.3. The number of benzene rings is 1. The Morgan fingerprint density at radius 2 is 2.13 bits per heavy atom. The van der Waals surface area contributed by atoms with Crippen molar-refractivity contribution in [3.05, 3.63) is 70.5 Å². The molecular weight excluding hydrogens is 416 g/mol. The number of anilines is 2. The minimum Gasteiger partial charge on any atom is -0.367 e. The Labute approximate surface area is 183 Å². The normalized spacial score (nSPS) is 17.3. The molecule has 8 nitrogen and oxygen atoms in total. The van der Waals surface area contributed by atoms with Crippen LogP contribution in [0.25, 0.3) is 11.7 Å². The van der Waals surface area contributed by atoms with Crippen LogP contribution in [0.3, 0.4) is 0 Å². The molecule has 0 unspecified atom stereocenters. The van der Waals surface area contributed by atoms with Crippen molar-refractivity contribution in [3.63, 3.8) is 0 Å². The van der Waals surface area contributed by atoms with Crippen LogP contribution in [0.2, 0.25) is 5.02 Å². The predicted molar refractivity (Wildman–Crippen MR) is 119 cm³/mol. The molecule has 2 fully saturated rings. The average molecular weight is 435 g/mol. The maximum absolute atomic E-state index is 12.8. The lowest BCUT2D eigenvalue weighted by Crippen LogP contribution is -2.15. The second kappa shape index (κ2) is 7.55. The van der Waals surface area contributed by atoms with Gasteiger partial charge in [-0.2, -0.15) is 9.61 Å². The van der Waals surface area contributed by atoms with Crippen LogP contribution in [-0.4, -0.2) is 32.5 Å². The third-order valence-corrected chi connectivity index (χ3v) is 5.48. The molecule has 2 aliphatic rings. The quantitative estimate of drug-likeness (QED) is 0.569. The van der Waals surface area contributed by atoms with Gasteiger partial charge in [0, 0.05) is 23.4 Å². The van der Waals surface area contributed by atoms with Crippen molar-refractivity contribution in [2.75, 3.05) is 10.6 Å². The van der Waals surface area contributed by atoms with E-state index in [-0.39, 0.29) is 18.2 Å². The number of hydrogen-bond acceptors (Lipinski definition) is 5. The minimum absolute atomic E-state index is 0.0931. The van der Waals surface area contributed by atoms with Crippen molar-refractivity contribution in [1.29, 1.82) is 0 Å². The van der Waals surface area contributed by atoms with Crippen molar-refractivity contribution in [2.24, 2.45) is 0 Å². The van der Waals surface area contributed by atoms with Crippen LogP contribution in [0.15, 0.2) is 54.4 Å². The van der Waals surface area contributed by atoms with E-state index in [4.69, 9.17) is 11.6 Å². The van der Waals surface area contributed by atoms with Gasteiger partial charge in [-0.3, -0.25) is 9.59 Å². The molecule has 2 amide bonds. The van der Waals surface area contributed by atoms with Gasteiger partial charge in [-0.1, -0.05) is 30.3 Å². The number of halogens is 1. The SMILES string of the molecule is C=C1NC(=O)C/C1=C\c1cnn2c(NC3CC3)cc(NC(=O)c3ccccc3Cl)nc12. The first-order valence-electron chi connectivity index (χ1n) is 9.89. The maximum atomic E-state index is 12.8. The standard InChI is InChI=1S/C22H19ClN6O2/c1-12-13(9-20(30)25-12)8-14-11-24-29-19(26-15-6-7-15)10-18(27-21(14)29)28-22(31)16-4-2-3-5-17(16)23/h2-5,8,10-11,15,26H,1,6-7,9H2,(H,25,30)(H,27,28,31)/b13-8+. The Morgan fingerprint density at radius 1 is 1.32 bits per heavy atom. The Kier molecular flexibility index (Phi) is 4.71. The van der Waals surface area contributed by atoms with Gasteiger partial charge in [-0.15, -0.1) is 0 Å². The third-order valence-electron chi connectivity index (χ3n) is 5.15. The summed E-state index contributed by atoms with van der Waals surface area (Å²) in [5.41, 5.74) is 3.00. The molecule has 2 aromatic heterocycles. The molecule has 1 saturated heterocycles. The summed E-state index contributed by atoms with van der Waals surface area (Å²) in [6, 6.07) is 8.97. The molecule has 31 heavy (non-hydrogen) atoms.